The molecule has 3 rings (SSSR count). The summed E-state index contributed by atoms with van der Waals surface area (Å²) in [6.07, 6.45) is 4.28. The van der Waals surface area contributed by atoms with Gasteiger partial charge in [-0.3, -0.25) is 9.88 Å². The van der Waals surface area contributed by atoms with Crippen LogP contribution in [0, 0.1) is 6.92 Å². The molecule has 0 spiro atoms. The zero-order chi connectivity index (χ0) is 24.5. The lowest BCUT2D eigenvalue weighted by atomic mass is 10.2. The van der Waals surface area contributed by atoms with Crippen molar-refractivity contribution in [1.29, 1.82) is 0 Å². The largest absolute Gasteiger partial charge is 0.457 e. The summed E-state index contributed by atoms with van der Waals surface area (Å²) >= 11 is 0. The van der Waals surface area contributed by atoms with Gasteiger partial charge in [-0.1, -0.05) is 13.8 Å². The molecule has 0 bridgehead atoms. The van der Waals surface area contributed by atoms with E-state index < -0.39 is 0 Å². The van der Waals surface area contributed by atoms with Gasteiger partial charge in [0.05, 0.1) is 5.52 Å². The van der Waals surface area contributed by atoms with E-state index in [0.717, 1.165) is 42.5 Å². The molecule has 9 nitrogen and oxygen atoms in total. The summed E-state index contributed by atoms with van der Waals surface area (Å²) in [7, 11) is 0. The Labute approximate surface area is 200 Å². The molecule has 2 aromatic heterocycles. The Hall–Kier alpha value is -3.59. The summed E-state index contributed by atoms with van der Waals surface area (Å²) in [6, 6.07) is 8.51. The third kappa shape index (κ3) is 6.48. The quantitative estimate of drug-likeness (QED) is 0.380. The predicted molar refractivity (Wildman–Crippen MR) is 135 cm³/mol. The number of urea groups is 1. The first-order valence-electron chi connectivity index (χ1n) is 11.8. The van der Waals surface area contributed by atoms with Gasteiger partial charge in [-0.2, -0.15) is 0 Å². The third-order valence-electron chi connectivity index (χ3n) is 5.56. The number of carbonyl (C=O) groups is 2. The van der Waals surface area contributed by atoms with E-state index in [2.05, 4.69) is 39.7 Å². The number of benzene rings is 1. The summed E-state index contributed by atoms with van der Waals surface area (Å²) in [6.45, 7) is 12.2. The van der Waals surface area contributed by atoms with Crippen LogP contribution in [0.25, 0.3) is 10.9 Å². The fraction of sp³-hybridized carbons (Fsp3) is 0.400. The number of rotatable bonds is 10. The fourth-order valence-corrected chi connectivity index (χ4v) is 3.73. The van der Waals surface area contributed by atoms with Crippen LogP contribution in [0.15, 0.2) is 42.7 Å². The molecular formula is C25H34N6O3. The summed E-state index contributed by atoms with van der Waals surface area (Å²) < 4.78 is 7.61. The molecule has 0 saturated carbocycles. The van der Waals surface area contributed by atoms with Crippen LogP contribution in [0.3, 0.4) is 0 Å². The van der Waals surface area contributed by atoms with Gasteiger partial charge in [0.1, 0.15) is 17.3 Å². The second-order valence-corrected chi connectivity index (χ2v) is 7.94. The molecule has 3 N–H and O–H groups in total. The van der Waals surface area contributed by atoms with Gasteiger partial charge in [-0.25, -0.2) is 14.6 Å². The number of anilines is 1. The molecule has 9 heteroatoms. The minimum absolute atomic E-state index is 0.162. The molecule has 0 saturated heterocycles. The summed E-state index contributed by atoms with van der Waals surface area (Å²) in [5, 5.41) is 9.35. The number of ether oxygens (including phenoxy) is 1. The smallest absolute Gasteiger partial charge is 0.326 e. The van der Waals surface area contributed by atoms with Gasteiger partial charge in [0, 0.05) is 36.9 Å². The summed E-state index contributed by atoms with van der Waals surface area (Å²) in [5.74, 6) is 1.58. The van der Waals surface area contributed by atoms with Crippen LogP contribution in [0.4, 0.5) is 15.4 Å². The Morgan fingerprint density at radius 2 is 1.82 bits per heavy atom. The number of hydrogen-bond donors (Lipinski definition) is 3. The van der Waals surface area contributed by atoms with Crippen LogP contribution in [0.1, 0.15) is 32.8 Å². The van der Waals surface area contributed by atoms with Gasteiger partial charge in [-0.05, 0) is 69.7 Å². The van der Waals surface area contributed by atoms with Crippen molar-refractivity contribution < 1.29 is 14.3 Å². The van der Waals surface area contributed by atoms with Gasteiger partial charge in [0.15, 0.2) is 0 Å². The SMILES string of the molecule is CCNC(=O)n1cc(C)c2cc(Oc3ccnc(NC(=O)NCCCN(CC)CC)c3)ccc21. The summed E-state index contributed by atoms with van der Waals surface area (Å²) in [4.78, 5) is 31.0. The van der Waals surface area contributed by atoms with E-state index in [4.69, 9.17) is 4.74 Å². The van der Waals surface area contributed by atoms with Crippen molar-refractivity contribution in [2.75, 3.05) is 38.0 Å². The van der Waals surface area contributed by atoms with Crippen molar-refractivity contribution in [2.24, 2.45) is 0 Å². The Kier molecular flexibility index (Phi) is 8.86. The number of aromatic nitrogens is 2. The van der Waals surface area contributed by atoms with Crippen LogP contribution in [-0.4, -0.2) is 59.2 Å². The number of fused-ring (bicyclic) bond motifs is 1. The number of carbonyl (C=O) groups excluding carboxylic acids is 2. The number of nitrogens with one attached hydrogen (secondary N) is 3. The van der Waals surface area contributed by atoms with E-state index in [1.807, 2.05) is 38.2 Å². The highest BCUT2D eigenvalue weighted by Crippen LogP contribution is 2.29. The monoisotopic (exact) mass is 466 g/mol. The normalized spacial score (nSPS) is 11.0. The van der Waals surface area contributed by atoms with E-state index in [-0.39, 0.29) is 12.1 Å². The zero-order valence-corrected chi connectivity index (χ0v) is 20.4. The highest BCUT2D eigenvalue weighted by Gasteiger charge is 2.12. The number of nitrogens with zero attached hydrogens (tertiary/aromatic N) is 3. The summed E-state index contributed by atoms with van der Waals surface area (Å²) in [5.41, 5.74) is 1.78. The number of aryl methyl sites for hydroxylation is 1. The first-order valence-corrected chi connectivity index (χ1v) is 11.8. The van der Waals surface area contributed by atoms with Gasteiger partial charge >= 0.3 is 12.1 Å². The zero-order valence-electron chi connectivity index (χ0n) is 20.4. The van der Waals surface area contributed by atoms with Crippen LogP contribution < -0.4 is 20.7 Å². The fourth-order valence-electron chi connectivity index (χ4n) is 3.73. The van der Waals surface area contributed by atoms with E-state index in [0.29, 0.717) is 30.4 Å². The van der Waals surface area contributed by atoms with Crippen molar-refractivity contribution in [3.05, 3.63) is 48.3 Å². The Balaban J connectivity index is 1.61. The van der Waals surface area contributed by atoms with Gasteiger partial charge < -0.3 is 20.3 Å². The molecule has 0 aliphatic carbocycles. The maximum absolute atomic E-state index is 12.3. The molecule has 3 aromatic rings. The van der Waals surface area contributed by atoms with Crippen molar-refractivity contribution in [3.63, 3.8) is 0 Å². The van der Waals surface area contributed by atoms with E-state index in [9.17, 15) is 9.59 Å². The van der Waals surface area contributed by atoms with Crippen LogP contribution >= 0.6 is 0 Å². The minimum atomic E-state index is -0.298. The second kappa shape index (κ2) is 12.0. The molecule has 3 amide bonds. The molecule has 0 fully saturated rings. The molecule has 0 aliphatic heterocycles. The average molecular weight is 467 g/mol. The lowest BCUT2D eigenvalue weighted by Crippen LogP contribution is -2.32. The third-order valence-corrected chi connectivity index (χ3v) is 5.56. The molecule has 0 unspecified atom stereocenters. The topological polar surface area (TPSA) is 101 Å². The Morgan fingerprint density at radius 1 is 1.06 bits per heavy atom. The van der Waals surface area contributed by atoms with Crippen LogP contribution in [0.5, 0.6) is 11.5 Å². The Bertz CT molecular complexity index is 1120. The number of pyridine rings is 1. The molecule has 2 heterocycles. The van der Waals surface area contributed by atoms with Crippen molar-refractivity contribution >= 4 is 28.8 Å². The van der Waals surface area contributed by atoms with Crippen LogP contribution in [0.2, 0.25) is 0 Å². The lowest BCUT2D eigenvalue weighted by molar-refractivity contribution is 0.243. The highest BCUT2D eigenvalue weighted by molar-refractivity contribution is 5.94. The predicted octanol–water partition coefficient (Wildman–Crippen LogP) is 4.57. The van der Waals surface area contributed by atoms with Crippen LogP contribution in [-0.2, 0) is 0 Å². The van der Waals surface area contributed by atoms with E-state index >= 15 is 0 Å². The molecular weight excluding hydrogens is 432 g/mol. The van der Waals surface area contributed by atoms with Gasteiger partial charge in [0.2, 0.25) is 0 Å². The maximum Gasteiger partial charge on any atom is 0.326 e. The highest BCUT2D eigenvalue weighted by atomic mass is 16.5. The van der Waals surface area contributed by atoms with Gasteiger partial charge in [0.25, 0.3) is 0 Å². The minimum Gasteiger partial charge on any atom is -0.457 e. The van der Waals surface area contributed by atoms with E-state index in [1.165, 1.54) is 0 Å². The molecule has 0 radical (unpaired) electrons. The second-order valence-electron chi connectivity index (χ2n) is 7.94. The van der Waals surface area contributed by atoms with Crippen molar-refractivity contribution in [1.82, 2.24) is 25.1 Å². The molecule has 0 aliphatic rings. The van der Waals surface area contributed by atoms with Crippen molar-refractivity contribution in [2.45, 2.75) is 34.1 Å². The standard InChI is InChI=1S/C25H34N6O3/c1-5-26-25(33)31-17-18(4)21-15-19(9-10-22(21)31)34-20-11-13-27-23(16-20)29-24(32)28-12-8-14-30(6-2)7-3/h9-11,13,15-17H,5-8,12,14H2,1-4H3,(H,26,33)(H2,27,28,29,32). The number of hydrogen-bond acceptors (Lipinski definition) is 5. The molecule has 0 atom stereocenters. The average Bonchev–Trinajstić information content (AvgIpc) is 3.15. The van der Waals surface area contributed by atoms with Crippen molar-refractivity contribution in [3.8, 4) is 11.5 Å². The molecule has 34 heavy (non-hydrogen) atoms. The lowest BCUT2D eigenvalue weighted by Gasteiger charge is -2.17. The maximum atomic E-state index is 12.3. The number of amides is 3. The first-order chi connectivity index (χ1) is 16.4. The van der Waals surface area contributed by atoms with E-state index in [1.54, 1.807) is 22.9 Å². The van der Waals surface area contributed by atoms with Gasteiger partial charge in [-0.15, -0.1) is 0 Å². The molecule has 182 valence electrons. The first kappa shape index (κ1) is 25.0. The Morgan fingerprint density at radius 3 is 2.56 bits per heavy atom. The molecule has 1 aromatic carbocycles.